The zero-order chi connectivity index (χ0) is 15.8. The molecular weight excluding hydrogens is 328 g/mol. The Kier molecular flexibility index (Phi) is 4.63. The Morgan fingerprint density at radius 3 is 2.43 bits per heavy atom. The highest BCUT2D eigenvalue weighted by atomic mass is 35.5. The molecule has 0 spiro atoms. The summed E-state index contributed by atoms with van der Waals surface area (Å²) in [6, 6.07) is 4.83. The molecule has 1 aromatic carbocycles. The van der Waals surface area contributed by atoms with Crippen LogP contribution in [-0.4, -0.2) is 8.42 Å². The number of nitrogen functional groups attached to an aromatic ring is 1. The standard InChI is InChI=1S/C14H17ClN2O2S2/c1-8-4-11(20-10(8)3)7-17-21(18,19)12-5-13(15)9(2)14(16)6-12/h4-6,17H,7,16H2,1-3H3. The SMILES string of the molecule is Cc1cc(CNS(=O)(=O)c2cc(N)c(C)c(Cl)c2)sc1C. The highest BCUT2D eigenvalue weighted by Gasteiger charge is 2.17. The molecule has 2 rings (SSSR count). The van der Waals surface area contributed by atoms with Crippen molar-refractivity contribution in [3.05, 3.63) is 44.1 Å². The first-order chi connectivity index (χ1) is 9.70. The third-order valence-electron chi connectivity index (χ3n) is 3.32. The number of rotatable bonds is 4. The monoisotopic (exact) mass is 344 g/mol. The number of sulfonamides is 1. The fraction of sp³-hybridized carbons (Fsp3) is 0.286. The normalized spacial score (nSPS) is 11.8. The van der Waals surface area contributed by atoms with Crippen LogP contribution < -0.4 is 10.5 Å². The Morgan fingerprint density at radius 1 is 1.24 bits per heavy atom. The number of nitrogens with one attached hydrogen (secondary N) is 1. The zero-order valence-electron chi connectivity index (χ0n) is 12.0. The van der Waals surface area contributed by atoms with Crippen molar-refractivity contribution in [2.24, 2.45) is 0 Å². The molecule has 0 atom stereocenters. The summed E-state index contributed by atoms with van der Waals surface area (Å²) in [6.07, 6.45) is 0. The first-order valence-electron chi connectivity index (χ1n) is 6.32. The molecule has 0 radical (unpaired) electrons. The maximum absolute atomic E-state index is 12.3. The lowest BCUT2D eigenvalue weighted by atomic mass is 10.2. The van der Waals surface area contributed by atoms with E-state index in [1.54, 1.807) is 18.3 Å². The maximum Gasteiger partial charge on any atom is 0.241 e. The molecule has 0 bridgehead atoms. The van der Waals surface area contributed by atoms with Crippen molar-refractivity contribution in [2.45, 2.75) is 32.2 Å². The Labute approximate surface area is 134 Å². The second-order valence-corrected chi connectivity index (χ2v) is 8.41. The predicted molar refractivity (Wildman–Crippen MR) is 88.4 cm³/mol. The van der Waals surface area contributed by atoms with E-state index in [1.807, 2.05) is 19.9 Å². The lowest BCUT2D eigenvalue weighted by Crippen LogP contribution is -2.23. The topological polar surface area (TPSA) is 72.2 Å². The Hall–Kier alpha value is -1.08. The first kappa shape index (κ1) is 16.3. The molecule has 2 aromatic rings. The van der Waals surface area contributed by atoms with Crippen LogP contribution in [0.3, 0.4) is 0 Å². The summed E-state index contributed by atoms with van der Waals surface area (Å²) in [5, 5.41) is 0.346. The van der Waals surface area contributed by atoms with Crippen molar-refractivity contribution >= 4 is 38.6 Å². The third kappa shape index (κ3) is 3.58. The van der Waals surface area contributed by atoms with Gasteiger partial charge in [-0.3, -0.25) is 0 Å². The molecule has 4 nitrogen and oxygen atoms in total. The van der Waals surface area contributed by atoms with E-state index in [4.69, 9.17) is 17.3 Å². The van der Waals surface area contributed by atoms with Gasteiger partial charge in [-0.2, -0.15) is 0 Å². The van der Waals surface area contributed by atoms with E-state index in [0.29, 0.717) is 16.3 Å². The largest absolute Gasteiger partial charge is 0.398 e. The van der Waals surface area contributed by atoms with Gasteiger partial charge in [0.2, 0.25) is 10.0 Å². The Morgan fingerprint density at radius 2 is 1.90 bits per heavy atom. The summed E-state index contributed by atoms with van der Waals surface area (Å²) in [5.74, 6) is 0. The molecule has 21 heavy (non-hydrogen) atoms. The van der Waals surface area contributed by atoms with Crippen molar-refractivity contribution in [3.63, 3.8) is 0 Å². The molecule has 7 heteroatoms. The maximum atomic E-state index is 12.3. The molecule has 1 heterocycles. The minimum atomic E-state index is -3.63. The predicted octanol–water partition coefficient (Wildman–Crippen LogP) is 3.39. The summed E-state index contributed by atoms with van der Waals surface area (Å²) in [5.41, 5.74) is 7.98. The average molecular weight is 345 g/mol. The lowest BCUT2D eigenvalue weighted by molar-refractivity contribution is 0.582. The highest BCUT2D eigenvalue weighted by molar-refractivity contribution is 7.89. The van der Waals surface area contributed by atoms with Gasteiger partial charge < -0.3 is 5.73 Å². The van der Waals surface area contributed by atoms with Crippen molar-refractivity contribution in [2.75, 3.05) is 5.73 Å². The Bertz CT molecular complexity index is 740. The summed E-state index contributed by atoms with van der Waals surface area (Å²) in [6.45, 7) is 6.02. The van der Waals surface area contributed by atoms with Crippen molar-refractivity contribution in [1.82, 2.24) is 4.72 Å². The van der Waals surface area contributed by atoms with Gasteiger partial charge in [0.25, 0.3) is 0 Å². The number of hydrogen-bond donors (Lipinski definition) is 2. The van der Waals surface area contributed by atoms with Crippen LogP contribution >= 0.6 is 22.9 Å². The van der Waals surface area contributed by atoms with Crippen LogP contribution in [0.4, 0.5) is 5.69 Å². The van der Waals surface area contributed by atoms with E-state index in [-0.39, 0.29) is 11.4 Å². The molecule has 0 aliphatic rings. The number of aryl methyl sites for hydroxylation is 2. The van der Waals surface area contributed by atoms with Crippen molar-refractivity contribution in [3.8, 4) is 0 Å². The molecule has 0 unspecified atom stereocenters. The van der Waals surface area contributed by atoms with Crippen LogP contribution in [0.1, 0.15) is 20.9 Å². The summed E-state index contributed by atoms with van der Waals surface area (Å²) in [4.78, 5) is 2.24. The lowest BCUT2D eigenvalue weighted by Gasteiger charge is -2.09. The molecular formula is C14H17ClN2O2S2. The van der Waals surface area contributed by atoms with Gasteiger partial charge in [-0.25, -0.2) is 13.1 Å². The fourth-order valence-electron chi connectivity index (χ4n) is 1.82. The van der Waals surface area contributed by atoms with Crippen LogP contribution in [0.5, 0.6) is 0 Å². The van der Waals surface area contributed by atoms with Gasteiger partial charge in [0.05, 0.1) is 4.90 Å². The van der Waals surface area contributed by atoms with Crippen LogP contribution in [0.2, 0.25) is 5.02 Å². The van der Waals surface area contributed by atoms with E-state index in [2.05, 4.69) is 4.72 Å². The van der Waals surface area contributed by atoms with Crippen molar-refractivity contribution < 1.29 is 8.42 Å². The van der Waals surface area contributed by atoms with Gasteiger partial charge in [-0.1, -0.05) is 11.6 Å². The molecule has 0 saturated carbocycles. The van der Waals surface area contributed by atoms with Gasteiger partial charge in [0, 0.05) is 27.0 Å². The number of halogens is 1. The molecule has 0 aliphatic carbocycles. The minimum absolute atomic E-state index is 0.0839. The van der Waals surface area contributed by atoms with E-state index in [1.165, 1.54) is 17.0 Å². The summed E-state index contributed by atoms with van der Waals surface area (Å²) < 4.78 is 27.2. The number of nitrogens with two attached hydrogens (primary N) is 1. The smallest absolute Gasteiger partial charge is 0.241 e. The molecule has 0 saturated heterocycles. The van der Waals surface area contributed by atoms with Crippen molar-refractivity contribution in [1.29, 1.82) is 0 Å². The summed E-state index contributed by atoms with van der Waals surface area (Å²) >= 11 is 7.58. The quantitative estimate of drug-likeness (QED) is 0.835. The molecule has 0 aliphatic heterocycles. The number of anilines is 1. The average Bonchev–Trinajstić information content (AvgIpc) is 2.72. The third-order valence-corrected chi connectivity index (χ3v) is 6.25. The van der Waals surface area contributed by atoms with Crippen LogP contribution in [-0.2, 0) is 16.6 Å². The van der Waals surface area contributed by atoms with Gasteiger partial charge in [0.1, 0.15) is 0 Å². The molecule has 114 valence electrons. The van der Waals surface area contributed by atoms with E-state index < -0.39 is 10.0 Å². The second kappa shape index (κ2) is 5.96. The molecule has 3 N–H and O–H groups in total. The first-order valence-corrected chi connectivity index (χ1v) is 8.99. The highest BCUT2D eigenvalue weighted by Crippen LogP contribution is 2.26. The van der Waals surface area contributed by atoms with Crippen LogP contribution in [0.25, 0.3) is 0 Å². The van der Waals surface area contributed by atoms with E-state index in [0.717, 1.165) is 10.4 Å². The Balaban J connectivity index is 2.22. The molecule has 0 fully saturated rings. The molecule has 1 aromatic heterocycles. The number of thiophene rings is 1. The minimum Gasteiger partial charge on any atom is -0.398 e. The van der Waals surface area contributed by atoms with Gasteiger partial charge in [-0.15, -0.1) is 11.3 Å². The van der Waals surface area contributed by atoms with Crippen LogP contribution in [0.15, 0.2) is 23.1 Å². The summed E-state index contributed by atoms with van der Waals surface area (Å²) in [7, 11) is -3.63. The number of hydrogen-bond acceptors (Lipinski definition) is 4. The molecule has 0 amide bonds. The second-order valence-electron chi connectivity index (χ2n) is 4.90. The fourth-order valence-corrected chi connectivity index (χ4v) is 4.26. The number of benzene rings is 1. The van der Waals surface area contributed by atoms with Gasteiger partial charge in [0.15, 0.2) is 0 Å². The van der Waals surface area contributed by atoms with Gasteiger partial charge >= 0.3 is 0 Å². The van der Waals surface area contributed by atoms with E-state index in [9.17, 15) is 8.42 Å². The zero-order valence-corrected chi connectivity index (χ0v) is 14.4. The van der Waals surface area contributed by atoms with Gasteiger partial charge in [-0.05, 0) is 50.1 Å². The van der Waals surface area contributed by atoms with Crippen LogP contribution in [0, 0.1) is 20.8 Å². The van der Waals surface area contributed by atoms with E-state index >= 15 is 0 Å².